The van der Waals surface area contributed by atoms with Crippen molar-refractivity contribution in [2.45, 2.75) is 45.8 Å². The first-order valence-corrected chi connectivity index (χ1v) is 11.8. The number of likely N-dealkylation sites (tertiary alicyclic amines) is 1. The van der Waals surface area contributed by atoms with E-state index in [2.05, 4.69) is 4.90 Å². The molecule has 0 unspecified atom stereocenters. The summed E-state index contributed by atoms with van der Waals surface area (Å²) in [5, 5.41) is 1.05. The highest BCUT2D eigenvalue weighted by Crippen LogP contribution is 2.49. The van der Waals surface area contributed by atoms with Gasteiger partial charge in [-0.1, -0.05) is 53.5 Å². The number of carbonyl (C=O) groups is 1. The molecule has 1 amide bonds. The second-order valence-electron chi connectivity index (χ2n) is 9.81. The number of rotatable bonds is 4. The van der Waals surface area contributed by atoms with E-state index in [-0.39, 0.29) is 11.5 Å². The van der Waals surface area contributed by atoms with E-state index in [4.69, 9.17) is 32.7 Å². The summed E-state index contributed by atoms with van der Waals surface area (Å²) in [7, 11) is 0. The smallest absolute Gasteiger partial charge is 0.410 e. The molecule has 2 saturated heterocycles. The summed E-state index contributed by atoms with van der Waals surface area (Å²) in [4.78, 5) is 16.4. The molecule has 32 heavy (non-hydrogen) atoms. The fourth-order valence-corrected chi connectivity index (χ4v) is 4.82. The average Bonchev–Trinajstić information content (AvgIpc) is 2.73. The molecule has 2 aromatic rings. The molecule has 5 nitrogen and oxygen atoms in total. The normalized spacial score (nSPS) is 17.8. The van der Waals surface area contributed by atoms with Gasteiger partial charge in [0.1, 0.15) is 18.0 Å². The fraction of sp³-hybridized carbons (Fsp3) is 0.480. The van der Waals surface area contributed by atoms with Gasteiger partial charge in [0.2, 0.25) is 0 Å². The van der Waals surface area contributed by atoms with E-state index in [1.54, 1.807) is 6.07 Å². The van der Waals surface area contributed by atoms with E-state index in [0.717, 1.165) is 42.9 Å². The van der Waals surface area contributed by atoms with Crippen LogP contribution in [0.4, 0.5) is 10.5 Å². The molecule has 7 heteroatoms. The maximum absolute atomic E-state index is 12.4. The number of amides is 1. The Bertz CT molecular complexity index is 959. The summed E-state index contributed by atoms with van der Waals surface area (Å²) in [6, 6.07) is 13.7. The molecule has 4 rings (SSSR count). The standard InChI is InChI=1S/C25H30Cl2N2O3/c1-24(2,3)32-23(30)28-13-11-25(12-14-28)16-29(17-25)22-20(10-9-19(26)21(22)27)31-15-18-7-5-4-6-8-18/h4-10H,11-17H2,1-3H3. The van der Waals surface area contributed by atoms with Crippen molar-refractivity contribution in [3.8, 4) is 5.75 Å². The molecule has 0 bridgehead atoms. The number of piperidine rings is 1. The number of ether oxygens (including phenoxy) is 2. The van der Waals surface area contributed by atoms with E-state index in [9.17, 15) is 4.79 Å². The van der Waals surface area contributed by atoms with Crippen molar-refractivity contribution in [3.63, 3.8) is 0 Å². The van der Waals surface area contributed by atoms with Crippen molar-refractivity contribution in [2.24, 2.45) is 5.41 Å². The fourth-order valence-electron chi connectivity index (χ4n) is 4.40. The minimum Gasteiger partial charge on any atom is -0.487 e. The predicted molar refractivity (Wildman–Crippen MR) is 129 cm³/mol. The van der Waals surface area contributed by atoms with Crippen molar-refractivity contribution in [3.05, 3.63) is 58.1 Å². The maximum atomic E-state index is 12.4. The van der Waals surface area contributed by atoms with Crippen LogP contribution >= 0.6 is 23.2 Å². The van der Waals surface area contributed by atoms with Gasteiger partial charge in [0, 0.05) is 31.6 Å². The Labute approximate surface area is 200 Å². The molecule has 2 aliphatic heterocycles. The molecule has 0 aliphatic carbocycles. The van der Waals surface area contributed by atoms with Crippen molar-refractivity contribution in [2.75, 3.05) is 31.1 Å². The summed E-state index contributed by atoms with van der Waals surface area (Å²) in [6.07, 6.45) is 1.67. The van der Waals surface area contributed by atoms with Crippen molar-refractivity contribution in [1.29, 1.82) is 0 Å². The summed E-state index contributed by atoms with van der Waals surface area (Å²) >= 11 is 13.0. The Morgan fingerprint density at radius 3 is 2.31 bits per heavy atom. The van der Waals surface area contributed by atoms with Gasteiger partial charge in [-0.25, -0.2) is 4.79 Å². The second kappa shape index (κ2) is 9.03. The van der Waals surface area contributed by atoms with Gasteiger partial charge in [0.25, 0.3) is 0 Å². The number of anilines is 1. The van der Waals surface area contributed by atoms with Crippen LogP contribution in [0.3, 0.4) is 0 Å². The zero-order valence-corrected chi connectivity index (χ0v) is 20.4. The first kappa shape index (κ1) is 23.1. The van der Waals surface area contributed by atoms with Gasteiger partial charge in [0.15, 0.2) is 0 Å². The first-order valence-electron chi connectivity index (χ1n) is 11.0. The molecule has 0 atom stereocenters. The lowest BCUT2D eigenvalue weighted by Gasteiger charge is -2.55. The van der Waals surface area contributed by atoms with Crippen LogP contribution < -0.4 is 9.64 Å². The summed E-state index contributed by atoms with van der Waals surface area (Å²) in [5.74, 6) is 0.740. The predicted octanol–water partition coefficient (Wildman–Crippen LogP) is 6.41. The van der Waals surface area contributed by atoms with E-state index >= 15 is 0 Å². The number of nitrogens with zero attached hydrogens (tertiary/aromatic N) is 2. The lowest BCUT2D eigenvalue weighted by atomic mass is 9.72. The van der Waals surface area contributed by atoms with E-state index in [0.29, 0.717) is 29.7 Å². The Kier molecular flexibility index (Phi) is 6.51. The van der Waals surface area contributed by atoms with Crippen molar-refractivity contribution in [1.82, 2.24) is 4.90 Å². The lowest BCUT2D eigenvalue weighted by molar-refractivity contribution is 0.00594. The van der Waals surface area contributed by atoms with Gasteiger partial charge >= 0.3 is 6.09 Å². The van der Waals surface area contributed by atoms with Crippen molar-refractivity contribution < 1.29 is 14.3 Å². The third-order valence-corrected chi connectivity index (χ3v) is 6.91. The summed E-state index contributed by atoms with van der Waals surface area (Å²) in [6.45, 7) is 9.32. The van der Waals surface area contributed by atoms with Gasteiger partial charge in [-0.3, -0.25) is 0 Å². The molecule has 0 radical (unpaired) electrons. The third-order valence-electron chi connectivity index (χ3n) is 6.11. The number of halogens is 2. The van der Waals surface area contributed by atoms with Gasteiger partial charge in [-0.15, -0.1) is 0 Å². The Morgan fingerprint density at radius 2 is 1.69 bits per heavy atom. The molecule has 1 spiro atoms. The number of benzene rings is 2. The Balaban J connectivity index is 1.40. The maximum Gasteiger partial charge on any atom is 0.410 e. The molecule has 2 aliphatic rings. The van der Waals surface area contributed by atoms with Crippen LogP contribution in [0.2, 0.25) is 10.0 Å². The third kappa shape index (κ3) is 5.10. The Hall–Kier alpha value is -2.11. The molecule has 0 N–H and O–H groups in total. The summed E-state index contributed by atoms with van der Waals surface area (Å²) < 4.78 is 11.7. The second-order valence-corrected chi connectivity index (χ2v) is 10.6. The SMILES string of the molecule is CC(C)(C)OC(=O)N1CCC2(CC1)CN(c1c(OCc3ccccc3)ccc(Cl)c1Cl)C2. The van der Waals surface area contributed by atoms with Crippen LogP contribution in [0, 0.1) is 5.41 Å². The highest BCUT2D eigenvalue weighted by Gasteiger charge is 2.47. The number of carbonyl (C=O) groups excluding carboxylic acids is 1. The molecule has 2 fully saturated rings. The summed E-state index contributed by atoms with van der Waals surface area (Å²) in [5.41, 5.74) is 1.66. The Morgan fingerprint density at radius 1 is 1.03 bits per heavy atom. The largest absolute Gasteiger partial charge is 0.487 e. The van der Waals surface area contributed by atoms with Crippen LogP contribution in [0.5, 0.6) is 5.75 Å². The molecule has 0 saturated carbocycles. The molecule has 0 aromatic heterocycles. The average molecular weight is 477 g/mol. The van der Waals surface area contributed by atoms with Gasteiger partial charge in [-0.2, -0.15) is 0 Å². The lowest BCUT2D eigenvalue weighted by Crippen LogP contribution is -2.61. The van der Waals surface area contributed by atoms with Gasteiger partial charge < -0.3 is 19.3 Å². The zero-order valence-electron chi connectivity index (χ0n) is 18.9. The zero-order chi connectivity index (χ0) is 22.9. The highest BCUT2D eigenvalue weighted by molar-refractivity contribution is 6.44. The minimum absolute atomic E-state index is 0.181. The highest BCUT2D eigenvalue weighted by atomic mass is 35.5. The van der Waals surface area contributed by atoms with E-state index in [1.807, 2.05) is 62.1 Å². The minimum atomic E-state index is -0.473. The topological polar surface area (TPSA) is 42.0 Å². The molecular weight excluding hydrogens is 447 g/mol. The van der Waals surface area contributed by atoms with Crippen LogP contribution in [0.15, 0.2) is 42.5 Å². The molecule has 2 aromatic carbocycles. The quantitative estimate of drug-likeness (QED) is 0.511. The van der Waals surface area contributed by atoms with Crippen LogP contribution in [-0.2, 0) is 11.3 Å². The van der Waals surface area contributed by atoms with E-state index in [1.165, 1.54) is 0 Å². The number of hydrogen-bond acceptors (Lipinski definition) is 4. The van der Waals surface area contributed by atoms with Gasteiger partial charge in [-0.05, 0) is 51.3 Å². The molecule has 172 valence electrons. The molecular formula is C25H30Cl2N2O3. The van der Waals surface area contributed by atoms with Gasteiger partial charge in [0.05, 0.1) is 15.7 Å². The monoisotopic (exact) mass is 476 g/mol. The van der Waals surface area contributed by atoms with Crippen LogP contribution in [0.1, 0.15) is 39.2 Å². The van der Waals surface area contributed by atoms with Crippen LogP contribution in [0.25, 0.3) is 0 Å². The van der Waals surface area contributed by atoms with Crippen LogP contribution in [-0.4, -0.2) is 42.8 Å². The molecule has 2 heterocycles. The number of hydrogen-bond donors (Lipinski definition) is 0. The first-order chi connectivity index (χ1) is 15.2. The van der Waals surface area contributed by atoms with Crippen molar-refractivity contribution >= 4 is 35.0 Å². The van der Waals surface area contributed by atoms with E-state index < -0.39 is 5.60 Å².